The quantitative estimate of drug-likeness (QED) is 0.538. The third-order valence-corrected chi connectivity index (χ3v) is 1.25. The fourth-order valence-corrected chi connectivity index (χ4v) is 0.856. The highest BCUT2D eigenvalue weighted by Crippen LogP contribution is 1.99. The second-order valence-electron chi connectivity index (χ2n) is 1.67. The minimum absolute atomic E-state index is 0.695. The highest BCUT2D eigenvalue weighted by atomic mass is 35.5. The number of alkyl halides is 1. The van der Waals surface area contributed by atoms with Gasteiger partial charge < -0.3 is 10.6 Å². The molecule has 0 aromatic heterocycles. The fourth-order valence-electron chi connectivity index (χ4n) is 0.652. The fraction of sp³-hybridized carbons (Fsp3) is 0.600. The molecular weight excluding hydrogens is 124 g/mol. The summed E-state index contributed by atoms with van der Waals surface area (Å²) in [6.07, 6.45) is 2.90. The minimum atomic E-state index is 0.695. The van der Waals surface area contributed by atoms with Crippen molar-refractivity contribution < 1.29 is 0 Å². The summed E-state index contributed by atoms with van der Waals surface area (Å²) >= 11 is 5.47. The van der Waals surface area contributed by atoms with Gasteiger partial charge in [-0.15, -0.1) is 11.6 Å². The Hall–Kier alpha value is -0.370. The third kappa shape index (κ3) is 1.30. The lowest BCUT2D eigenvalue weighted by Gasteiger charge is -1.95. The first-order chi connectivity index (χ1) is 3.93. The van der Waals surface area contributed by atoms with Gasteiger partial charge in [0.25, 0.3) is 0 Å². The molecule has 8 heavy (non-hydrogen) atoms. The predicted molar refractivity (Wildman–Crippen MR) is 34.6 cm³/mol. The lowest BCUT2D eigenvalue weighted by molar-refractivity contribution is 0.793. The van der Waals surface area contributed by atoms with E-state index in [4.69, 9.17) is 11.6 Å². The van der Waals surface area contributed by atoms with E-state index in [1.54, 1.807) is 0 Å². The highest BCUT2D eigenvalue weighted by Gasteiger charge is 1.98. The first-order valence-electron chi connectivity index (χ1n) is 2.66. The van der Waals surface area contributed by atoms with E-state index in [0.717, 1.165) is 13.1 Å². The first kappa shape index (κ1) is 5.76. The van der Waals surface area contributed by atoms with Crippen LogP contribution < -0.4 is 10.6 Å². The van der Waals surface area contributed by atoms with Crippen molar-refractivity contribution in [3.05, 3.63) is 11.9 Å². The molecule has 46 valence electrons. The summed E-state index contributed by atoms with van der Waals surface area (Å²) in [6, 6.07) is 0. The van der Waals surface area contributed by atoms with Crippen LogP contribution in [0.4, 0.5) is 0 Å². The second-order valence-corrected chi connectivity index (χ2v) is 2.04. The largest absolute Gasteiger partial charge is 0.372 e. The minimum Gasteiger partial charge on any atom is -0.372 e. The molecule has 0 atom stereocenters. The monoisotopic (exact) mass is 132 g/mol. The van der Waals surface area contributed by atoms with Crippen molar-refractivity contribution in [3.8, 4) is 0 Å². The molecule has 0 radical (unpaired) electrons. The maximum atomic E-state index is 5.47. The molecule has 0 fully saturated rings. The molecule has 1 aliphatic heterocycles. The topological polar surface area (TPSA) is 24.1 Å². The van der Waals surface area contributed by atoms with Gasteiger partial charge in [-0.25, -0.2) is 0 Å². The average Bonchev–Trinajstić information content (AvgIpc) is 2.19. The Morgan fingerprint density at radius 2 is 2.62 bits per heavy atom. The van der Waals surface area contributed by atoms with E-state index in [1.165, 1.54) is 5.70 Å². The van der Waals surface area contributed by atoms with Crippen LogP contribution in [0, 0.1) is 0 Å². The van der Waals surface area contributed by atoms with E-state index in [0.29, 0.717) is 5.88 Å². The van der Waals surface area contributed by atoms with Crippen LogP contribution in [0.5, 0.6) is 0 Å². The summed E-state index contributed by atoms with van der Waals surface area (Å²) in [4.78, 5) is 0. The maximum absolute atomic E-state index is 5.47. The molecular formula is C5H9ClN2. The molecule has 3 heteroatoms. The Kier molecular flexibility index (Phi) is 2.03. The van der Waals surface area contributed by atoms with Crippen LogP contribution in [-0.4, -0.2) is 12.5 Å². The van der Waals surface area contributed by atoms with Crippen LogP contribution in [-0.2, 0) is 0 Å². The van der Waals surface area contributed by atoms with E-state index in [2.05, 4.69) is 10.6 Å². The smallest absolute Gasteiger partial charge is 0.0843 e. The van der Waals surface area contributed by atoms with Crippen LogP contribution in [0.1, 0.15) is 6.42 Å². The molecule has 1 rings (SSSR count). The number of nitrogens with one attached hydrogen (secondary N) is 2. The molecule has 0 aromatic carbocycles. The van der Waals surface area contributed by atoms with Crippen LogP contribution in [0.2, 0.25) is 0 Å². The van der Waals surface area contributed by atoms with Gasteiger partial charge in [0.2, 0.25) is 0 Å². The van der Waals surface area contributed by atoms with E-state index in [9.17, 15) is 0 Å². The molecule has 0 unspecified atom stereocenters. The van der Waals surface area contributed by atoms with E-state index < -0.39 is 0 Å². The summed E-state index contributed by atoms with van der Waals surface area (Å²) in [5.74, 6) is 0.695. The number of hydrogen-bond donors (Lipinski definition) is 2. The first-order valence-corrected chi connectivity index (χ1v) is 3.19. The number of allylic oxidation sites excluding steroid dienone is 1. The molecule has 0 aliphatic carbocycles. The molecule has 2 nitrogen and oxygen atoms in total. The predicted octanol–water partition coefficient (Wildman–Crippen LogP) is 0.607. The molecule has 1 heterocycles. The molecule has 0 amide bonds. The van der Waals surface area contributed by atoms with Gasteiger partial charge in [-0.1, -0.05) is 0 Å². The summed E-state index contributed by atoms with van der Waals surface area (Å²) in [5.41, 5.74) is 1.21. The van der Waals surface area contributed by atoms with Crippen molar-refractivity contribution in [2.45, 2.75) is 6.42 Å². The van der Waals surface area contributed by atoms with Crippen LogP contribution >= 0.6 is 11.6 Å². The van der Waals surface area contributed by atoms with Gasteiger partial charge in [0.1, 0.15) is 0 Å². The van der Waals surface area contributed by atoms with Crippen LogP contribution in [0.3, 0.4) is 0 Å². The van der Waals surface area contributed by atoms with Gasteiger partial charge in [0, 0.05) is 24.2 Å². The normalized spacial score (nSPS) is 16.9. The summed E-state index contributed by atoms with van der Waals surface area (Å²) < 4.78 is 0. The Labute approximate surface area is 53.9 Å². The zero-order valence-corrected chi connectivity index (χ0v) is 5.33. The molecule has 1 aliphatic rings. The average molecular weight is 133 g/mol. The van der Waals surface area contributed by atoms with Crippen LogP contribution in [0.15, 0.2) is 11.9 Å². The molecule has 0 bridgehead atoms. The van der Waals surface area contributed by atoms with Gasteiger partial charge >= 0.3 is 0 Å². The second kappa shape index (κ2) is 2.82. The van der Waals surface area contributed by atoms with Gasteiger partial charge in [0.05, 0.1) is 6.67 Å². The van der Waals surface area contributed by atoms with Crippen molar-refractivity contribution in [2.75, 3.05) is 12.5 Å². The number of hydrogen-bond acceptors (Lipinski definition) is 2. The zero-order chi connectivity index (χ0) is 5.82. The van der Waals surface area contributed by atoms with Crippen molar-refractivity contribution in [1.82, 2.24) is 10.6 Å². The lowest BCUT2D eigenvalue weighted by atomic mass is 10.4. The van der Waals surface area contributed by atoms with Crippen molar-refractivity contribution >= 4 is 11.6 Å². The summed E-state index contributed by atoms with van der Waals surface area (Å²) in [5, 5.41) is 6.15. The number of rotatable bonds is 2. The molecule has 0 saturated carbocycles. The van der Waals surface area contributed by atoms with Crippen molar-refractivity contribution in [3.63, 3.8) is 0 Å². The Morgan fingerprint density at radius 1 is 1.75 bits per heavy atom. The van der Waals surface area contributed by atoms with Crippen molar-refractivity contribution in [2.24, 2.45) is 0 Å². The van der Waals surface area contributed by atoms with E-state index in [1.807, 2.05) is 6.20 Å². The van der Waals surface area contributed by atoms with E-state index >= 15 is 0 Å². The summed E-state index contributed by atoms with van der Waals surface area (Å²) in [7, 11) is 0. The standard InChI is InChI=1S/C5H9ClN2/c6-2-1-5-3-7-4-8-5/h3,7-8H,1-2,4H2. The van der Waals surface area contributed by atoms with Gasteiger partial charge in [0.15, 0.2) is 0 Å². The number of halogens is 1. The molecule has 0 aromatic rings. The van der Waals surface area contributed by atoms with Gasteiger partial charge in [-0.3, -0.25) is 0 Å². The Morgan fingerprint density at radius 3 is 3.12 bits per heavy atom. The third-order valence-electron chi connectivity index (χ3n) is 1.06. The lowest BCUT2D eigenvalue weighted by Crippen LogP contribution is -2.14. The Bertz CT molecular complexity index is 101. The molecule has 0 saturated heterocycles. The summed E-state index contributed by atoms with van der Waals surface area (Å²) in [6.45, 7) is 0.853. The van der Waals surface area contributed by atoms with Gasteiger partial charge in [-0.2, -0.15) is 0 Å². The van der Waals surface area contributed by atoms with E-state index in [-0.39, 0.29) is 0 Å². The molecule has 0 spiro atoms. The molecule has 2 N–H and O–H groups in total. The maximum Gasteiger partial charge on any atom is 0.0843 e. The van der Waals surface area contributed by atoms with Crippen molar-refractivity contribution in [1.29, 1.82) is 0 Å². The Balaban J connectivity index is 2.23. The van der Waals surface area contributed by atoms with Gasteiger partial charge in [-0.05, 0) is 0 Å². The zero-order valence-electron chi connectivity index (χ0n) is 4.58. The highest BCUT2D eigenvalue weighted by molar-refractivity contribution is 6.17. The SMILES string of the molecule is ClCCC1=CNCN1. The van der Waals surface area contributed by atoms with Crippen LogP contribution in [0.25, 0.3) is 0 Å².